The van der Waals surface area contributed by atoms with Gasteiger partial charge in [-0.15, -0.1) is 0 Å². The minimum Gasteiger partial charge on any atom is -0.358 e. The Bertz CT molecular complexity index is 169. The number of likely N-dealkylation sites (N-methyl/N-ethyl adjacent to an activating group) is 1. The van der Waals surface area contributed by atoms with Crippen LogP contribution in [0.5, 0.6) is 0 Å². The summed E-state index contributed by atoms with van der Waals surface area (Å²) in [6.07, 6.45) is 1.81. The molecule has 2 nitrogen and oxygen atoms in total. The van der Waals surface area contributed by atoms with Crippen LogP contribution in [0.2, 0.25) is 0 Å². The van der Waals surface area contributed by atoms with Crippen LogP contribution < -0.4 is 0 Å². The van der Waals surface area contributed by atoms with Crippen molar-refractivity contribution in [3.05, 3.63) is 12.7 Å². The first-order valence-corrected chi connectivity index (χ1v) is 4.42. The first-order valence-electron chi connectivity index (χ1n) is 4.42. The summed E-state index contributed by atoms with van der Waals surface area (Å²) in [7, 11) is 2.04. The minimum absolute atomic E-state index is 0.333. The average Bonchev–Trinajstić information content (AvgIpc) is 1.98. The van der Waals surface area contributed by atoms with Crippen LogP contribution in [0.3, 0.4) is 0 Å². The molecule has 0 atom stereocenters. The van der Waals surface area contributed by atoms with Crippen LogP contribution in [0.1, 0.15) is 27.7 Å². The highest BCUT2D eigenvalue weighted by atomic mass is 15.2. The Morgan fingerprint density at radius 1 is 1.33 bits per heavy atom. The maximum absolute atomic E-state index is 4.44. The van der Waals surface area contributed by atoms with Gasteiger partial charge in [-0.3, -0.25) is 4.99 Å². The second-order valence-corrected chi connectivity index (χ2v) is 3.49. The minimum atomic E-state index is 0.333. The Morgan fingerprint density at radius 2 is 1.83 bits per heavy atom. The van der Waals surface area contributed by atoms with E-state index < -0.39 is 0 Å². The Morgan fingerprint density at radius 3 is 2.08 bits per heavy atom. The van der Waals surface area contributed by atoms with Crippen LogP contribution in [-0.4, -0.2) is 29.9 Å². The molecule has 70 valence electrons. The molecule has 0 aromatic heterocycles. The van der Waals surface area contributed by atoms with E-state index in [4.69, 9.17) is 0 Å². The van der Waals surface area contributed by atoms with E-state index in [9.17, 15) is 0 Å². The third kappa shape index (κ3) is 3.56. The molecule has 0 bridgehead atoms. The third-order valence-corrected chi connectivity index (χ3v) is 1.71. The SMILES string of the molecule is C=CC(=NC(C)C)N(C)C(C)C. The van der Waals surface area contributed by atoms with Crippen molar-refractivity contribution in [2.24, 2.45) is 4.99 Å². The summed E-state index contributed by atoms with van der Waals surface area (Å²) in [5, 5.41) is 0. The van der Waals surface area contributed by atoms with Crippen molar-refractivity contribution in [3.63, 3.8) is 0 Å². The number of hydrogen-bond acceptors (Lipinski definition) is 1. The molecule has 0 spiro atoms. The maximum atomic E-state index is 4.44. The van der Waals surface area contributed by atoms with E-state index >= 15 is 0 Å². The molecule has 0 N–H and O–H groups in total. The van der Waals surface area contributed by atoms with Gasteiger partial charge in [-0.1, -0.05) is 6.58 Å². The van der Waals surface area contributed by atoms with Crippen LogP contribution >= 0.6 is 0 Å². The molecule has 0 radical (unpaired) electrons. The monoisotopic (exact) mass is 168 g/mol. The lowest BCUT2D eigenvalue weighted by Crippen LogP contribution is -2.32. The molecule has 0 aliphatic heterocycles. The van der Waals surface area contributed by atoms with Gasteiger partial charge in [-0.25, -0.2) is 0 Å². The van der Waals surface area contributed by atoms with E-state index in [1.54, 1.807) is 6.08 Å². The molecule has 0 fully saturated rings. The van der Waals surface area contributed by atoms with Crippen LogP contribution in [0.4, 0.5) is 0 Å². The van der Waals surface area contributed by atoms with Gasteiger partial charge >= 0.3 is 0 Å². The lowest BCUT2D eigenvalue weighted by atomic mass is 10.3. The van der Waals surface area contributed by atoms with E-state index in [1.807, 2.05) is 7.05 Å². The van der Waals surface area contributed by atoms with Crippen molar-refractivity contribution >= 4 is 5.84 Å². The normalized spacial score (nSPS) is 12.4. The third-order valence-electron chi connectivity index (χ3n) is 1.71. The molecular weight excluding hydrogens is 148 g/mol. The van der Waals surface area contributed by atoms with Crippen molar-refractivity contribution in [2.75, 3.05) is 7.05 Å². The summed E-state index contributed by atoms with van der Waals surface area (Å²) < 4.78 is 0. The Kier molecular flexibility index (Phi) is 4.64. The average molecular weight is 168 g/mol. The lowest BCUT2D eigenvalue weighted by molar-refractivity contribution is 0.416. The number of nitrogens with zero attached hydrogens (tertiary/aromatic N) is 2. The second-order valence-electron chi connectivity index (χ2n) is 3.49. The fourth-order valence-electron chi connectivity index (χ4n) is 0.817. The fourth-order valence-corrected chi connectivity index (χ4v) is 0.817. The van der Waals surface area contributed by atoms with Gasteiger partial charge in [0.15, 0.2) is 0 Å². The molecule has 0 aliphatic carbocycles. The van der Waals surface area contributed by atoms with E-state index in [0.717, 1.165) is 5.84 Å². The Labute approximate surface area is 76.0 Å². The van der Waals surface area contributed by atoms with E-state index in [2.05, 4.69) is 44.2 Å². The van der Waals surface area contributed by atoms with Gasteiger partial charge < -0.3 is 4.90 Å². The van der Waals surface area contributed by atoms with Crippen molar-refractivity contribution in [3.8, 4) is 0 Å². The van der Waals surface area contributed by atoms with Crippen molar-refractivity contribution in [2.45, 2.75) is 39.8 Å². The number of hydrogen-bond donors (Lipinski definition) is 0. The molecule has 0 aromatic rings. The van der Waals surface area contributed by atoms with Gasteiger partial charge in [-0.05, 0) is 33.8 Å². The summed E-state index contributed by atoms with van der Waals surface area (Å²) in [6.45, 7) is 12.2. The van der Waals surface area contributed by atoms with E-state index in [1.165, 1.54) is 0 Å². The molecule has 0 saturated heterocycles. The molecule has 0 aromatic carbocycles. The van der Waals surface area contributed by atoms with Crippen molar-refractivity contribution in [1.82, 2.24) is 4.90 Å². The highest BCUT2D eigenvalue weighted by molar-refractivity contribution is 5.92. The molecule has 12 heavy (non-hydrogen) atoms. The summed E-state index contributed by atoms with van der Waals surface area (Å²) >= 11 is 0. The largest absolute Gasteiger partial charge is 0.358 e. The van der Waals surface area contributed by atoms with Gasteiger partial charge in [0.1, 0.15) is 5.84 Å². The maximum Gasteiger partial charge on any atom is 0.123 e. The summed E-state index contributed by atoms with van der Waals surface area (Å²) in [5.74, 6) is 0.972. The molecule has 0 amide bonds. The number of rotatable bonds is 3. The van der Waals surface area contributed by atoms with Gasteiger partial charge in [0, 0.05) is 19.1 Å². The van der Waals surface area contributed by atoms with Crippen LogP contribution in [0.25, 0.3) is 0 Å². The topological polar surface area (TPSA) is 15.6 Å². The predicted molar refractivity (Wildman–Crippen MR) is 55.7 cm³/mol. The molecule has 0 rings (SSSR count). The first kappa shape index (κ1) is 11.2. The highest BCUT2D eigenvalue weighted by Crippen LogP contribution is 1.99. The predicted octanol–water partition coefficient (Wildman–Crippen LogP) is 2.32. The molecule has 0 heterocycles. The zero-order valence-electron chi connectivity index (χ0n) is 8.83. The van der Waals surface area contributed by atoms with Crippen LogP contribution in [-0.2, 0) is 0 Å². The zero-order valence-corrected chi connectivity index (χ0v) is 8.83. The van der Waals surface area contributed by atoms with Gasteiger partial charge in [-0.2, -0.15) is 0 Å². The molecular formula is C10H20N2. The fraction of sp³-hybridized carbons (Fsp3) is 0.700. The zero-order chi connectivity index (χ0) is 9.72. The van der Waals surface area contributed by atoms with Gasteiger partial charge in [0.05, 0.1) is 0 Å². The number of aliphatic imine (C=N–C) groups is 1. The van der Waals surface area contributed by atoms with Gasteiger partial charge in [0.25, 0.3) is 0 Å². The Balaban J connectivity index is 4.44. The van der Waals surface area contributed by atoms with Crippen LogP contribution in [0, 0.1) is 0 Å². The molecule has 0 saturated carbocycles. The summed E-state index contributed by atoms with van der Waals surface area (Å²) in [4.78, 5) is 6.56. The van der Waals surface area contributed by atoms with Crippen molar-refractivity contribution < 1.29 is 0 Å². The van der Waals surface area contributed by atoms with Crippen LogP contribution in [0.15, 0.2) is 17.6 Å². The molecule has 2 heteroatoms. The molecule has 0 aliphatic rings. The lowest BCUT2D eigenvalue weighted by Gasteiger charge is -2.23. The second kappa shape index (κ2) is 4.96. The summed E-state index contributed by atoms with van der Waals surface area (Å²) in [6, 6.07) is 0.805. The summed E-state index contributed by atoms with van der Waals surface area (Å²) in [5.41, 5.74) is 0. The molecule has 0 unspecified atom stereocenters. The smallest absolute Gasteiger partial charge is 0.123 e. The van der Waals surface area contributed by atoms with Crippen molar-refractivity contribution in [1.29, 1.82) is 0 Å². The standard InChI is InChI=1S/C10H20N2/c1-7-10(11-8(2)3)12(6)9(4)5/h7-9H,1H2,2-6H3. The Hall–Kier alpha value is -0.790. The van der Waals surface area contributed by atoms with E-state index in [0.29, 0.717) is 12.1 Å². The highest BCUT2D eigenvalue weighted by Gasteiger charge is 2.06. The van der Waals surface area contributed by atoms with Gasteiger partial charge in [0.2, 0.25) is 0 Å². The first-order chi connectivity index (χ1) is 5.49. The van der Waals surface area contributed by atoms with E-state index in [-0.39, 0.29) is 0 Å². The number of amidine groups is 1. The quantitative estimate of drug-likeness (QED) is 0.466.